The molecule has 1 saturated carbocycles. The number of imidazole rings is 1. The van der Waals surface area contributed by atoms with Gasteiger partial charge in [-0.05, 0) is 44.9 Å². The van der Waals surface area contributed by atoms with Gasteiger partial charge < -0.3 is 20.1 Å². The molecule has 0 spiro atoms. The highest BCUT2D eigenvalue weighted by Crippen LogP contribution is 2.34. The molecule has 8 heteroatoms. The second kappa shape index (κ2) is 10.9. The molecule has 5 aromatic rings. The molecule has 3 heterocycles. The molecule has 0 amide bonds. The Hall–Kier alpha value is -3.75. The number of rotatable bonds is 6. The summed E-state index contributed by atoms with van der Waals surface area (Å²) in [5.41, 5.74) is 5.90. The molecule has 0 radical (unpaired) electrons. The van der Waals surface area contributed by atoms with Crippen LogP contribution in [0, 0.1) is 13.8 Å². The third-order valence-electron chi connectivity index (χ3n) is 6.95. The Morgan fingerprint density at radius 2 is 1.71 bits per heavy atom. The van der Waals surface area contributed by atoms with Crippen molar-refractivity contribution in [3.63, 3.8) is 0 Å². The predicted octanol–water partition coefficient (Wildman–Crippen LogP) is 7.51. The lowest BCUT2D eigenvalue weighted by molar-refractivity contribution is 0.116. The van der Waals surface area contributed by atoms with Gasteiger partial charge in [-0.25, -0.2) is 9.97 Å². The first-order valence-electron chi connectivity index (χ1n) is 12.6. The smallest absolute Gasteiger partial charge is 0.184 e. The van der Waals surface area contributed by atoms with Crippen LogP contribution in [-0.4, -0.2) is 37.2 Å². The van der Waals surface area contributed by atoms with Crippen molar-refractivity contribution >= 4 is 26.7 Å². The summed E-state index contributed by atoms with van der Waals surface area (Å²) in [7, 11) is 0. The first kappa shape index (κ1) is 25.9. The fraction of sp³-hybridized carbons (Fsp3) is 0.300. The van der Waals surface area contributed by atoms with Gasteiger partial charge in [0.2, 0.25) is 0 Å². The second-order valence-corrected chi connectivity index (χ2v) is 10.6. The van der Waals surface area contributed by atoms with Crippen LogP contribution < -0.4 is 10.1 Å². The van der Waals surface area contributed by atoms with Crippen LogP contribution in [0.2, 0.25) is 0 Å². The first-order valence-corrected chi connectivity index (χ1v) is 13.5. The largest absolute Gasteiger partial charge is 0.457 e. The summed E-state index contributed by atoms with van der Waals surface area (Å²) in [5, 5.41) is 14.6. The molecule has 3 N–H and O–H groups in total. The van der Waals surface area contributed by atoms with E-state index in [9.17, 15) is 5.11 Å². The van der Waals surface area contributed by atoms with E-state index >= 15 is 0 Å². The van der Waals surface area contributed by atoms with E-state index in [0.29, 0.717) is 0 Å². The van der Waals surface area contributed by atoms with Crippen LogP contribution >= 0.6 is 11.3 Å². The fourth-order valence-corrected chi connectivity index (χ4v) is 5.68. The van der Waals surface area contributed by atoms with Crippen LogP contribution in [0.25, 0.3) is 32.9 Å². The quantitative estimate of drug-likeness (QED) is 0.211. The normalized spacial score (nSPS) is 17.2. The Kier molecular flexibility index (Phi) is 7.44. The minimum absolute atomic E-state index is 0. The van der Waals surface area contributed by atoms with E-state index in [2.05, 4.69) is 44.5 Å². The zero-order chi connectivity index (χ0) is 25.4. The van der Waals surface area contributed by atoms with Gasteiger partial charge in [0.15, 0.2) is 5.13 Å². The molecule has 1 aliphatic rings. The maximum atomic E-state index is 10.3. The number of H-pyrrole nitrogens is 1. The molecule has 3 aromatic heterocycles. The van der Waals surface area contributed by atoms with Gasteiger partial charge in [-0.1, -0.05) is 55.9 Å². The van der Waals surface area contributed by atoms with Crippen molar-refractivity contribution in [2.45, 2.75) is 59.1 Å². The minimum atomic E-state index is -0.310. The van der Waals surface area contributed by atoms with Crippen molar-refractivity contribution in [1.29, 1.82) is 0 Å². The van der Waals surface area contributed by atoms with E-state index in [0.717, 1.165) is 86.6 Å². The summed E-state index contributed by atoms with van der Waals surface area (Å²) >= 11 is 1.59. The summed E-state index contributed by atoms with van der Waals surface area (Å²) in [5.74, 6) is 2.34. The zero-order valence-electron chi connectivity index (χ0n) is 20.9. The van der Waals surface area contributed by atoms with E-state index in [1.165, 1.54) is 0 Å². The number of aromatic nitrogens is 4. The molecule has 38 heavy (non-hydrogen) atoms. The van der Waals surface area contributed by atoms with Crippen LogP contribution in [-0.2, 0) is 0 Å². The molecule has 7 nitrogen and oxygen atoms in total. The van der Waals surface area contributed by atoms with Gasteiger partial charge in [0, 0.05) is 35.2 Å². The highest BCUT2D eigenvalue weighted by molar-refractivity contribution is 7.22. The maximum absolute atomic E-state index is 10.3. The second-order valence-electron chi connectivity index (χ2n) is 9.60. The van der Waals surface area contributed by atoms with Gasteiger partial charge in [0.05, 0.1) is 33.8 Å². The summed E-state index contributed by atoms with van der Waals surface area (Å²) in [4.78, 5) is 17.2. The number of aryl methyl sites for hydroxylation is 2. The molecular weight excluding hydrogens is 494 g/mol. The van der Waals surface area contributed by atoms with E-state index in [4.69, 9.17) is 9.72 Å². The average Bonchev–Trinajstić information content (AvgIpc) is 3.47. The number of fused-ring (bicyclic) bond motifs is 1. The predicted molar refractivity (Wildman–Crippen MR) is 155 cm³/mol. The Labute approximate surface area is 227 Å². The van der Waals surface area contributed by atoms with Gasteiger partial charge >= 0.3 is 0 Å². The highest BCUT2D eigenvalue weighted by atomic mass is 32.1. The number of benzene rings is 2. The Bertz CT molecular complexity index is 1520. The van der Waals surface area contributed by atoms with Gasteiger partial charge in [-0.2, -0.15) is 0 Å². The number of nitrogens with one attached hydrogen (secondary N) is 2. The number of thiazole rings is 1. The van der Waals surface area contributed by atoms with Crippen LogP contribution in [0.1, 0.15) is 44.5 Å². The Balaban J connectivity index is 0.00000294. The topological polar surface area (TPSA) is 96.0 Å². The molecule has 0 bridgehead atoms. The highest BCUT2D eigenvalue weighted by Gasteiger charge is 2.23. The number of aromatic amines is 1. The van der Waals surface area contributed by atoms with Gasteiger partial charge in [0.1, 0.15) is 17.3 Å². The number of hydrogen-bond donors (Lipinski definition) is 3. The number of anilines is 1. The lowest BCUT2D eigenvalue weighted by Gasteiger charge is -2.27. The number of pyridine rings is 1. The lowest BCUT2D eigenvalue weighted by Crippen LogP contribution is -2.36. The van der Waals surface area contributed by atoms with Crippen molar-refractivity contribution in [3.05, 3.63) is 72.2 Å². The molecule has 1 fully saturated rings. The fourth-order valence-electron chi connectivity index (χ4n) is 4.72. The van der Waals surface area contributed by atoms with E-state index in [1.807, 2.05) is 44.2 Å². The number of aliphatic hydroxyl groups excluding tert-OH is 1. The molecule has 196 valence electrons. The molecule has 0 saturated heterocycles. The molecular formula is C30H33N5O2S. The molecule has 1 aliphatic carbocycles. The Morgan fingerprint density at radius 1 is 0.947 bits per heavy atom. The number of aliphatic hydroxyl groups is 1. The summed E-state index contributed by atoms with van der Waals surface area (Å²) < 4.78 is 7.24. The number of hydrogen-bond acceptors (Lipinski definition) is 7. The van der Waals surface area contributed by atoms with E-state index in [1.54, 1.807) is 17.5 Å². The van der Waals surface area contributed by atoms with E-state index in [-0.39, 0.29) is 19.6 Å². The van der Waals surface area contributed by atoms with Crippen LogP contribution in [0.4, 0.5) is 5.13 Å². The van der Waals surface area contributed by atoms with Crippen LogP contribution in [0.3, 0.4) is 0 Å². The van der Waals surface area contributed by atoms with Crippen molar-refractivity contribution in [2.24, 2.45) is 0 Å². The molecule has 0 aliphatic heterocycles. The van der Waals surface area contributed by atoms with Gasteiger partial charge in [-0.3, -0.25) is 4.98 Å². The van der Waals surface area contributed by atoms with E-state index < -0.39 is 0 Å². The summed E-state index contributed by atoms with van der Waals surface area (Å²) in [6.07, 6.45) is 5.50. The van der Waals surface area contributed by atoms with Crippen molar-refractivity contribution in [2.75, 3.05) is 5.32 Å². The molecule has 2 atom stereocenters. The third-order valence-corrected chi connectivity index (χ3v) is 7.90. The number of nitrogens with zero attached hydrogens (tertiary/aromatic N) is 3. The zero-order valence-corrected chi connectivity index (χ0v) is 21.7. The monoisotopic (exact) mass is 527 g/mol. The summed E-state index contributed by atoms with van der Waals surface area (Å²) in [6, 6.07) is 18.0. The van der Waals surface area contributed by atoms with Crippen molar-refractivity contribution in [3.8, 4) is 34.1 Å². The SMILES string of the molecule is C.Cc1nc(-c2ccc(-c3cc(Oc4ccc5nc(N[C@@H]6CCCC[C@H]6O)sc5c4)ccn3)cc2)[nH]c1C. The molecule has 6 rings (SSSR count). The summed E-state index contributed by atoms with van der Waals surface area (Å²) in [6.45, 7) is 4.03. The van der Waals surface area contributed by atoms with Crippen molar-refractivity contribution < 1.29 is 9.84 Å². The van der Waals surface area contributed by atoms with Crippen LogP contribution in [0.5, 0.6) is 11.5 Å². The van der Waals surface area contributed by atoms with Crippen LogP contribution in [0.15, 0.2) is 60.8 Å². The molecule has 2 aromatic carbocycles. The van der Waals surface area contributed by atoms with Crippen molar-refractivity contribution in [1.82, 2.24) is 19.9 Å². The third kappa shape index (κ3) is 5.42. The van der Waals surface area contributed by atoms with Gasteiger partial charge in [-0.15, -0.1) is 0 Å². The number of ether oxygens (including phenoxy) is 1. The molecule has 0 unspecified atom stereocenters. The minimum Gasteiger partial charge on any atom is -0.457 e. The maximum Gasteiger partial charge on any atom is 0.184 e. The van der Waals surface area contributed by atoms with Gasteiger partial charge in [0.25, 0.3) is 0 Å². The lowest BCUT2D eigenvalue weighted by atomic mass is 9.93. The standard InChI is InChI=1S/C29H29N5O2S.CH4/c1-17-18(2)32-28(31-17)20-9-7-19(8-10-20)25-15-22(13-14-30-25)36-21-11-12-24-27(16-21)37-29(34-24)33-23-5-3-4-6-26(23)35;/h7-16,23,26,35H,3-6H2,1-2H3,(H,31,32)(H,33,34);1H4/t23-,26-;/m1./s1. The average molecular weight is 528 g/mol. The Morgan fingerprint density at radius 3 is 2.47 bits per heavy atom. The first-order chi connectivity index (χ1) is 18.0.